The SMILES string of the molecule is O=C(C[C@H]1CCCOC1)NCC1(N2CCCCC2)CCCC1. The van der Waals surface area contributed by atoms with Crippen LogP contribution in [-0.4, -0.2) is 49.2 Å². The van der Waals surface area contributed by atoms with E-state index in [1.54, 1.807) is 0 Å². The van der Waals surface area contributed by atoms with Crippen molar-refractivity contribution in [3.05, 3.63) is 0 Å². The Morgan fingerprint density at radius 1 is 1.09 bits per heavy atom. The number of ether oxygens (including phenoxy) is 1. The number of hydrogen-bond donors (Lipinski definition) is 1. The van der Waals surface area contributed by atoms with E-state index in [1.807, 2.05) is 0 Å². The molecule has 3 aliphatic rings. The van der Waals surface area contributed by atoms with Crippen LogP contribution in [0.5, 0.6) is 0 Å². The molecular weight excluding hydrogens is 276 g/mol. The lowest BCUT2D eigenvalue weighted by atomic mass is 9.91. The summed E-state index contributed by atoms with van der Waals surface area (Å²) in [6, 6.07) is 0. The minimum Gasteiger partial charge on any atom is -0.381 e. The minimum absolute atomic E-state index is 0.235. The molecule has 4 nitrogen and oxygen atoms in total. The second-order valence-electron chi connectivity index (χ2n) is 7.54. The number of rotatable bonds is 5. The number of piperidine rings is 1. The summed E-state index contributed by atoms with van der Waals surface area (Å²) in [4.78, 5) is 15.0. The highest BCUT2D eigenvalue weighted by molar-refractivity contribution is 5.76. The van der Waals surface area contributed by atoms with E-state index in [0.717, 1.165) is 32.6 Å². The first-order valence-corrected chi connectivity index (χ1v) is 9.38. The lowest BCUT2D eigenvalue weighted by Gasteiger charge is -2.43. The maximum atomic E-state index is 12.3. The molecule has 0 unspecified atom stereocenters. The Bertz CT molecular complexity index is 354. The lowest BCUT2D eigenvalue weighted by molar-refractivity contribution is -0.123. The first-order chi connectivity index (χ1) is 10.8. The second kappa shape index (κ2) is 7.78. The van der Waals surface area contributed by atoms with Gasteiger partial charge in [-0.15, -0.1) is 0 Å². The fraction of sp³-hybridized carbons (Fsp3) is 0.944. The van der Waals surface area contributed by atoms with Crippen LogP contribution in [0, 0.1) is 5.92 Å². The Morgan fingerprint density at radius 2 is 1.86 bits per heavy atom. The van der Waals surface area contributed by atoms with Crippen LogP contribution < -0.4 is 5.32 Å². The number of nitrogens with one attached hydrogen (secondary N) is 1. The third kappa shape index (κ3) is 4.02. The van der Waals surface area contributed by atoms with Gasteiger partial charge in [-0.3, -0.25) is 9.69 Å². The summed E-state index contributed by atoms with van der Waals surface area (Å²) < 4.78 is 5.49. The number of carbonyl (C=O) groups excluding carboxylic acids is 1. The number of likely N-dealkylation sites (tertiary alicyclic amines) is 1. The zero-order chi connectivity index (χ0) is 15.3. The molecule has 22 heavy (non-hydrogen) atoms. The van der Waals surface area contributed by atoms with Crippen molar-refractivity contribution >= 4 is 5.91 Å². The normalized spacial score (nSPS) is 29.4. The fourth-order valence-electron chi connectivity index (χ4n) is 4.57. The Hall–Kier alpha value is -0.610. The van der Waals surface area contributed by atoms with E-state index in [0.29, 0.717) is 12.3 Å². The van der Waals surface area contributed by atoms with Crippen molar-refractivity contribution in [1.82, 2.24) is 10.2 Å². The molecule has 0 aromatic carbocycles. The third-order valence-electron chi connectivity index (χ3n) is 5.90. The molecule has 2 heterocycles. The van der Waals surface area contributed by atoms with Gasteiger partial charge in [0.15, 0.2) is 0 Å². The standard InChI is InChI=1S/C18H32N2O2/c21-17(13-16-7-6-12-22-14-16)19-15-18(8-2-3-9-18)20-10-4-1-5-11-20/h16H,1-15H2,(H,19,21)/t16-/m1/s1. The van der Waals surface area contributed by atoms with E-state index in [-0.39, 0.29) is 11.4 Å². The molecule has 0 spiro atoms. The predicted octanol–water partition coefficient (Wildman–Crippen LogP) is 2.72. The van der Waals surface area contributed by atoms with Gasteiger partial charge in [0, 0.05) is 31.7 Å². The summed E-state index contributed by atoms with van der Waals surface area (Å²) in [5, 5.41) is 3.27. The molecule has 4 heteroatoms. The predicted molar refractivity (Wildman–Crippen MR) is 87.8 cm³/mol. The van der Waals surface area contributed by atoms with Crippen molar-refractivity contribution in [1.29, 1.82) is 0 Å². The highest BCUT2D eigenvalue weighted by atomic mass is 16.5. The molecule has 126 valence electrons. The molecule has 1 aliphatic carbocycles. The molecule has 0 bridgehead atoms. The van der Waals surface area contributed by atoms with Gasteiger partial charge in [0.1, 0.15) is 0 Å². The van der Waals surface area contributed by atoms with Crippen molar-refractivity contribution in [2.24, 2.45) is 5.92 Å². The Balaban J connectivity index is 1.49. The van der Waals surface area contributed by atoms with Crippen LogP contribution in [0.15, 0.2) is 0 Å². The van der Waals surface area contributed by atoms with E-state index >= 15 is 0 Å². The summed E-state index contributed by atoms with van der Waals surface area (Å²) in [6.45, 7) is 4.96. The van der Waals surface area contributed by atoms with Gasteiger partial charge >= 0.3 is 0 Å². The average Bonchev–Trinajstić information content (AvgIpc) is 3.05. The zero-order valence-corrected chi connectivity index (χ0v) is 13.9. The molecule has 0 aromatic rings. The number of amides is 1. The molecule has 3 fully saturated rings. The van der Waals surface area contributed by atoms with Crippen LogP contribution in [0.2, 0.25) is 0 Å². The summed E-state index contributed by atoms with van der Waals surface area (Å²) in [5.74, 6) is 0.669. The average molecular weight is 308 g/mol. The topological polar surface area (TPSA) is 41.6 Å². The number of carbonyl (C=O) groups is 1. The molecule has 0 radical (unpaired) electrons. The minimum atomic E-state index is 0.235. The van der Waals surface area contributed by atoms with Crippen molar-refractivity contribution in [3.63, 3.8) is 0 Å². The highest BCUT2D eigenvalue weighted by Gasteiger charge is 2.40. The molecule has 1 N–H and O–H groups in total. The van der Waals surface area contributed by atoms with Gasteiger partial charge in [0.25, 0.3) is 0 Å². The third-order valence-corrected chi connectivity index (χ3v) is 5.90. The van der Waals surface area contributed by atoms with Gasteiger partial charge in [-0.05, 0) is 57.5 Å². The van der Waals surface area contributed by atoms with E-state index in [2.05, 4.69) is 10.2 Å². The van der Waals surface area contributed by atoms with Gasteiger partial charge < -0.3 is 10.1 Å². The molecule has 2 aliphatic heterocycles. The van der Waals surface area contributed by atoms with E-state index in [1.165, 1.54) is 58.0 Å². The molecule has 2 saturated heterocycles. The van der Waals surface area contributed by atoms with Gasteiger partial charge in [-0.25, -0.2) is 0 Å². The Labute approximate surface area is 135 Å². The quantitative estimate of drug-likeness (QED) is 0.849. The molecular formula is C18H32N2O2. The number of nitrogens with zero attached hydrogens (tertiary/aromatic N) is 1. The van der Waals surface area contributed by atoms with E-state index < -0.39 is 0 Å². The highest BCUT2D eigenvalue weighted by Crippen LogP contribution is 2.36. The molecule has 1 atom stereocenters. The van der Waals surface area contributed by atoms with Crippen molar-refractivity contribution in [2.75, 3.05) is 32.8 Å². The Kier molecular flexibility index (Phi) is 5.75. The van der Waals surface area contributed by atoms with Crippen molar-refractivity contribution in [3.8, 4) is 0 Å². The van der Waals surface area contributed by atoms with Crippen LogP contribution >= 0.6 is 0 Å². The summed E-state index contributed by atoms with van der Waals surface area (Å²) in [7, 11) is 0. The second-order valence-corrected chi connectivity index (χ2v) is 7.54. The van der Waals surface area contributed by atoms with Gasteiger partial charge in [0.2, 0.25) is 5.91 Å². The van der Waals surface area contributed by atoms with E-state index in [4.69, 9.17) is 4.74 Å². The first-order valence-electron chi connectivity index (χ1n) is 9.38. The smallest absolute Gasteiger partial charge is 0.220 e. The Morgan fingerprint density at radius 3 is 2.55 bits per heavy atom. The monoisotopic (exact) mass is 308 g/mol. The van der Waals surface area contributed by atoms with Crippen LogP contribution in [-0.2, 0) is 9.53 Å². The molecule has 1 amide bonds. The van der Waals surface area contributed by atoms with Gasteiger partial charge in [0.05, 0.1) is 0 Å². The zero-order valence-electron chi connectivity index (χ0n) is 13.9. The molecule has 1 saturated carbocycles. The van der Waals surface area contributed by atoms with Crippen molar-refractivity contribution < 1.29 is 9.53 Å². The molecule has 0 aromatic heterocycles. The lowest BCUT2D eigenvalue weighted by Crippen LogP contribution is -2.55. The van der Waals surface area contributed by atoms with Crippen LogP contribution in [0.3, 0.4) is 0 Å². The fourth-order valence-corrected chi connectivity index (χ4v) is 4.57. The van der Waals surface area contributed by atoms with Crippen LogP contribution in [0.25, 0.3) is 0 Å². The summed E-state index contributed by atoms with van der Waals surface area (Å²) in [6.07, 6.45) is 12.1. The number of hydrogen-bond acceptors (Lipinski definition) is 3. The van der Waals surface area contributed by atoms with Crippen molar-refractivity contribution in [2.45, 2.75) is 69.7 Å². The van der Waals surface area contributed by atoms with Gasteiger partial charge in [-0.1, -0.05) is 19.3 Å². The van der Waals surface area contributed by atoms with Gasteiger partial charge in [-0.2, -0.15) is 0 Å². The van der Waals surface area contributed by atoms with Crippen LogP contribution in [0.4, 0.5) is 0 Å². The molecule has 3 rings (SSSR count). The van der Waals surface area contributed by atoms with Crippen LogP contribution in [0.1, 0.15) is 64.2 Å². The summed E-state index contributed by atoms with van der Waals surface area (Å²) >= 11 is 0. The van der Waals surface area contributed by atoms with E-state index in [9.17, 15) is 4.79 Å². The maximum absolute atomic E-state index is 12.3. The maximum Gasteiger partial charge on any atom is 0.220 e. The first kappa shape index (κ1) is 16.3. The largest absolute Gasteiger partial charge is 0.381 e. The summed E-state index contributed by atoms with van der Waals surface area (Å²) in [5.41, 5.74) is 0.263.